The lowest BCUT2D eigenvalue weighted by Crippen LogP contribution is -2.29. The van der Waals surface area contributed by atoms with Crippen LogP contribution >= 0.6 is 23.2 Å². The normalized spacial score (nSPS) is 12.2. The number of halogens is 2. The number of nitrogens with one attached hydrogen (secondary N) is 1. The van der Waals surface area contributed by atoms with Gasteiger partial charge in [0.2, 0.25) is 0 Å². The van der Waals surface area contributed by atoms with Gasteiger partial charge in [0.25, 0.3) is 0 Å². The molecule has 1 aromatic heterocycles. The molecular formula is C13H13Cl2N3O. The second kappa shape index (κ2) is 6.21. The van der Waals surface area contributed by atoms with Gasteiger partial charge in [-0.2, -0.15) is 0 Å². The lowest BCUT2D eigenvalue weighted by Gasteiger charge is -2.19. The molecule has 1 heterocycles. The standard InChI is InChI=1S/C13H13Cl2N3O/c1-19-11-4-3-9(14)6-10(11)13(18-16)8-2-5-12(15)17-7-8/h2-7,13,18H,16H2,1H3. The van der Waals surface area contributed by atoms with Gasteiger partial charge in [-0.1, -0.05) is 29.3 Å². The first kappa shape index (κ1) is 14.1. The number of nitrogens with zero attached hydrogens (tertiary/aromatic N) is 1. The Morgan fingerprint density at radius 3 is 2.63 bits per heavy atom. The zero-order chi connectivity index (χ0) is 13.8. The van der Waals surface area contributed by atoms with Gasteiger partial charge in [0.05, 0.1) is 13.2 Å². The first-order chi connectivity index (χ1) is 9.15. The molecule has 3 N–H and O–H groups in total. The van der Waals surface area contributed by atoms with E-state index in [-0.39, 0.29) is 6.04 Å². The molecule has 1 unspecified atom stereocenters. The molecule has 1 atom stereocenters. The fourth-order valence-electron chi connectivity index (χ4n) is 1.85. The summed E-state index contributed by atoms with van der Waals surface area (Å²) < 4.78 is 5.33. The third kappa shape index (κ3) is 3.16. The molecule has 19 heavy (non-hydrogen) atoms. The Morgan fingerprint density at radius 2 is 2.05 bits per heavy atom. The predicted octanol–water partition coefficient (Wildman–Crippen LogP) is 2.95. The molecule has 0 radical (unpaired) electrons. The van der Waals surface area contributed by atoms with Gasteiger partial charge in [0.15, 0.2) is 0 Å². The highest BCUT2D eigenvalue weighted by Gasteiger charge is 2.17. The van der Waals surface area contributed by atoms with E-state index in [9.17, 15) is 0 Å². The summed E-state index contributed by atoms with van der Waals surface area (Å²) in [6.45, 7) is 0. The summed E-state index contributed by atoms with van der Waals surface area (Å²) in [5.41, 5.74) is 4.44. The largest absolute Gasteiger partial charge is 0.496 e. The predicted molar refractivity (Wildman–Crippen MR) is 76.4 cm³/mol. The number of methoxy groups -OCH3 is 1. The van der Waals surface area contributed by atoms with Gasteiger partial charge in [-0.15, -0.1) is 0 Å². The number of benzene rings is 1. The van der Waals surface area contributed by atoms with Crippen molar-refractivity contribution in [3.05, 3.63) is 57.8 Å². The number of aromatic nitrogens is 1. The molecule has 0 saturated heterocycles. The second-order valence-corrected chi connectivity index (χ2v) is 4.72. The van der Waals surface area contributed by atoms with Crippen molar-refractivity contribution in [3.8, 4) is 5.75 Å². The molecule has 100 valence electrons. The molecule has 2 aromatic rings. The molecule has 6 heteroatoms. The highest BCUT2D eigenvalue weighted by atomic mass is 35.5. The molecular weight excluding hydrogens is 285 g/mol. The lowest BCUT2D eigenvalue weighted by molar-refractivity contribution is 0.404. The zero-order valence-electron chi connectivity index (χ0n) is 10.2. The summed E-state index contributed by atoms with van der Waals surface area (Å²) in [6.07, 6.45) is 1.66. The van der Waals surface area contributed by atoms with Crippen molar-refractivity contribution in [2.24, 2.45) is 5.84 Å². The molecule has 0 saturated carbocycles. The third-order valence-corrected chi connectivity index (χ3v) is 3.21. The highest BCUT2D eigenvalue weighted by molar-refractivity contribution is 6.30. The van der Waals surface area contributed by atoms with Gasteiger partial charge in [-0.05, 0) is 29.8 Å². The summed E-state index contributed by atoms with van der Waals surface area (Å²) in [7, 11) is 1.60. The van der Waals surface area contributed by atoms with Crippen molar-refractivity contribution in [2.75, 3.05) is 7.11 Å². The Balaban J connectivity index is 2.47. The number of ether oxygens (including phenoxy) is 1. The summed E-state index contributed by atoms with van der Waals surface area (Å²) in [5, 5.41) is 1.04. The lowest BCUT2D eigenvalue weighted by atomic mass is 10.00. The SMILES string of the molecule is COc1ccc(Cl)cc1C(NN)c1ccc(Cl)nc1. The van der Waals surface area contributed by atoms with Crippen molar-refractivity contribution >= 4 is 23.2 Å². The average molecular weight is 298 g/mol. The van der Waals surface area contributed by atoms with Gasteiger partial charge in [-0.3, -0.25) is 5.84 Å². The summed E-state index contributed by atoms with van der Waals surface area (Å²) in [5.74, 6) is 6.34. The number of hydrogen-bond donors (Lipinski definition) is 2. The second-order valence-electron chi connectivity index (χ2n) is 3.90. The number of hydrazine groups is 1. The van der Waals surface area contributed by atoms with Gasteiger partial charge < -0.3 is 4.74 Å². The average Bonchev–Trinajstić information content (AvgIpc) is 2.42. The van der Waals surface area contributed by atoms with E-state index in [2.05, 4.69) is 10.4 Å². The van der Waals surface area contributed by atoms with Gasteiger partial charge >= 0.3 is 0 Å². The first-order valence-electron chi connectivity index (χ1n) is 5.56. The Bertz CT molecular complexity index is 560. The first-order valence-corrected chi connectivity index (χ1v) is 6.32. The zero-order valence-corrected chi connectivity index (χ0v) is 11.7. The van der Waals surface area contributed by atoms with E-state index in [1.54, 1.807) is 37.6 Å². The van der Waals surface area contributed by atoms with Crippen molar-refractivity contribution in [1.29, 1.82) is 0 Å². The molecule has 0 fully saturated rings. The minimum Gasteiger partial charge on any atom is -0.496 e. The third-order valence-electron chi connectivity index (χ3n) is 2.75. The number of nitrogens with two attached hydrogens (primary N) is 1. The van der Waals surface area contributed by atoms with E-state index in [4.69, 9.17) is 33.8 Å². The number of pyridine rings is 1. The van der Waals surface area contributed by atoms with Crippen LogP contribution in [-0.4, -0.2) is 12.1 Å². The maximum absolute atomic E-state index is 6.03. The van der Waals surface area contributed by atoms with E-state index < -0.39 is 0 Å². The monoisotopic (exact) mass is 297 g/mol. The summed E-state index contributed by atoms with van der Waals surface area (Å²) >= 11 is 11.8. The van der Waals surface area contributed by atoms with Crippen molar-refractivity contribution < 1.29 is 4.74 Å². The Labute approximate surface area is 121 Å². The molecule has 0 aliphatic heterocycles. The molecule has 1 aromatic carbocycles. The summed E-state index contributed by atoms with van der Waals surface area (Å²) in [4.78, 5) is 4.05. The Kier molecular flexibility index (Phi) is 4.61. The van der Waals surface area contributed by atoms with Gasteiger partial charge in [0.1, 0.15) is 10.9 Å². The maximum atomic E-state index is 6.03. The Morgan fingerprint density at radius 1 is 1.26 bits per heavy atom. The van der Waals surface area contributed by atoms with Crippen molar-refractivity contribution in [1.82, 2.24) is 10.4 Å². The Hall–Kier alpha value is -1.33. The van der Waals surface area contributed by atoms with Crippen LogP contribution in [0.1, 0.15) is 17.2 Å². The van der Waals surface area contributed by atoms with Crippen LogP contribution in [0.15, 0.2) is 36.5 Å². The molecule has 0 spiro atoms. The van der Waals surface area contributed by atoms with Crippen LogP contribution < -0.4 is 16.0 Å². The molecule has 0 aliphatic rings. The van der Waals surface area contributed by atoms with Crippen LogP contribution in [0.5, 0.6) is 5.75 Å². The van der Waals surface area contributed by atoms with Crippen molar-refractivity contribution in [2.45, 2.75) is 6.04 Å². The molecule has 0 aliphatic carbocycles. The maximum Gasteiger partial charge on any atom is 0.129 e. The quantitative estimate of drug-likeness (QED) is 0.517. The fourth-order valence-corrected chi connectivity index (χ4v) is 2.15. The van der Waals surface area contributed by atoms with E-state index in [1.807, 2.05) is 6.07 Å². The smallest absolute Gasteiger partial charge is 0.129 e. The van der Waals surface area contributed by atoms with E-state index in [1.165, 1.54) is 0 Å². The minimum absolute atomic E-state index is 0.279. The van der Waals surface area contributed by atoms with Crippen LogP contribution in [-0.2, 0) is 0 Å². The number of rotatable bonds is 4. The summed E-state index contributed by atoms with van der Waals surface area (Å²) in [6, 6.07) is 8.64. The van der Waals surface area contributed by atoms with Crippen LogP contribution in [0, 0.1) is 0 Å². The number of hydrogen-bond acceptors (Lipinski definition) is 4. The fraction of sp³-hybridized carbons (Fsp3) is 0.154. The van der Waals surface area contributed by atoms with Gasteiger partial charge in [0, 0.05) is 16.8 Å². The van der Waals surface area contributed by atoms with Crippen molar-refractivity contribution in [3.63, 3.8) is 0 Å². The van der Waals surface area contributed by atoms with E-state index >= 15 is 0 Å². The molecule has 4 nitrogen and oxygen atoms in total. The minimum atomic E-state index is -0.279. The van der Waals surface area contributed by atoms with Crippen LogP contribution in [0.25, 0.3) is 0 Å². The molecule has 0 amide bonds. The van der Waals surface area contributed by atoms with Crippen LogP contribution in [0.3, 0.4) is 0 Å². The van der Waals surface area contributed by atoms with E-state index in [0.717, 1.165) is 11.1 Å². The van der Waals surface area contributed by atoms with Gasteiger partial charge in [-0.25, -0.2) is 10.4 Å². The van der Waals surface area contributed by atoms with E-state index in [0.29, 0.717) is 15.9 Å². The highest BCUT2D eigenvalue weighted by Crippen LogP contribution is 2.31. The van der Waals surface area contributed by atoms with Crippen LogP contribution in [0.4, 0.5) is 0 Å². The molecule has 2 rings (SSSR count). The molecule has 0 bridgehead atoms. The van der Waals surface area contributed by atoms with Crippen LogP contribution in [0.2, 0.25) is 10.2 Å². The topological polar surface area (TPSA) is 60.2 Å².